The number of thiophene rings is 1. The Morgan fingerprint density at radius 3 is 2.88 bits per heavy atom. The minimum atomic E-state index is -0.191. The summed E-state index contributed by atoms with van der Waals surface area (Å²) in [5, 5.41) is 6.88. The number of amides is 1. The minimum Gasteiger partial charge on any atom is -0.397 e. The number of anilines is 1. The van der Waals surface area contributed by atoms with Gasteiger partial charge in [-0.25, -0.2) is 4.98 Å². The average Bonchev–Trinajstić information content (AvgIpc) is 2.83. The summed E-state index contributed by atoms with van der Waals surface area (Å²) in [5.41, 5.74) is 7.53. The van der Waals surface area contributed by atoms with E-state index in [1.807, 2.05) is 23.8 Å². The van der Waals surface area contributed by atoms with E-state index in [4.69, 9.17) is 5.73 Å². The van der Waals surface area contributed by atoms with Crippen LogP contribution in [0.5, 0.6) is 0 Å². The number of carbonyl (C=O) groups excluding carboxylic acids is 1. The molecule has 2 aromatic rings. The molecular formula is C12H13N3OS. The Labute approximate surface area is 103 Å². The van der Waals surface area contributed by atoms with Crippen LogP contribution in [0.15, 0.2) is 35.2 Å². The molecule has 0 bridgehead atoms. The maximum Gasteiger partial charge on any atom is 0.270 e. The van der Waals surface area contributed by atoms with Crippen molar-refractivity contribution in [3.8, 4) is 0 Å². The summed E-state index contributed by atoms with van der Waals surface area (Å²) in [7, 11) is 0. The van der Waals surface area contributed by atoms with Crippen LogP contribution in [-0.2, 0) is 0 Å². The van der Waals surface area contributed by atoms with Gasteiger partial charge in [-0.15, -0.1) is 0 Å². The van der Waals surface area contributed by atoms with Gasteiger partial charge in [0.1, 0.15) is 5.69 Å². The molecule has 2 heterocycles. The fourth-order valence-corrected chi connectivity index (χ4v) is 2.17. The fourth-order valence-electron chi connectivity index (χ4n) is 1.41. The summed E-state index contributed by atoms with van der Waals surface area (Å²) in [6.07, 6.45) is 1.48. The molecule has 2 aromatic heterocycles. The first-order valence-corrected chi connectivity index (χ1v) is 6.15. The largest absolute Gasteiger partial charge is 0.397 e. The molecule has 1 amide bonds. The molecule has 5 heteroatoms. The highest BCUT2D eigenvalue weighted by Crippen LogP contribution is 2.16. The van der Waals surface area contributed by atoms with Crippen molar-refractivity contribution in [2.75, 3.05) is 5.73 Å². The molecule has 0 aliphatic rings. The Morgan fingerprint density at radius 1 is 1.47 bits per heavy atom. The third-order valence-electron chi connectivity index (χ3n) is 2.41. The van der Waals surface area contributed by atoms with Gasteiger partial charge in [0.15, 0.2) is 0 Å². The zero-order chi connectivity index (χ0) is 12.3. The van der Waals surface area contributed by atoms with Crippen molar-refractivity contribution >= 4 is 22.9 Å². The van der Waals surface area contributed by atoms with E-state index in [0.29, 0.717) is 11.4 Å². The molecule has 0 fully saturated rings. The van der Waals surface area contributed by atoms with Crippen molar-refractivity contribution in [1.82, 2.24) is 10.3 Å². The molecule has 3 N–H and O–H groups in total. The van der Waals surface area contributed by atoms with Gasteiger partial charge in [0.2, 0.25) is 0 Å². The summed E-state index contributed by atoms with van der Waals surface area (Å²) in [6, 6.07) is 5.25. The maximum atomic E-state index is 11.9. The highest BCUT2D eigenvalue weighted by atomic mass is 32.1. The van der Waals surface area contributed by atoms with Crippen molar-refractivity contribution in [1.29, 1.82) is 0 Å². The number of hydrogen-bond acceptors (Lipinski definition) is 4. The predicted molar refractivity (Wildman–Crippen MR) is 68.8 cm³/mol. The van der Waals surface area contributed by atoms with Crippen LogP contribution in [0.25, 0.3) is 0 Å². The summed E-state index contributed by atoms with van der Waals surface area (Å²) in [5.74, 6) is -0.191. The molecule has 1 unspecified atom stereocenters. The topological polar surface area (TPSA) is 68.0 Å². The molecule has 0 aromatic carbocycles. The first-order chi connectivity index (χ1) is 8.16. The van der Waals surface area contributed by atoms with E-state index in [9.17, 15) is 4.79 Å². The van der Waals surface area contributed by atoms with E-state index < -0.39 is 0 Å². The van der Waals surface area contributed by atoms with Gasteiger partial charge in [0, 0.05) is 0 Å². The lowest BCUT2D eigenvalue weighted by Gasteiger charge is -2.12. The molecule has 1 atom stereocenters. The van der Waals surface area contributed by atoms with Crippen LogP contribution in [0.1, 0.15) is 29.0 Å². The Hall–Kier alpha value is -1.88. The van der Waals surface area contributed by atoms with Crippen LogP contribution in [0, 0.1) is 0 Å². The Bertz CT molecular complexity index is 493. The van der Waals surface area contributed by atoms with E-state index in [0.717, 1.165) is 5.56 Å². The second-order valence-electron chi connectivity index (χ2n) is 3.73. The van der Waals surface area contributed by atoms with Gasteiger partial charge < -0.3 is 11.1 Å². The normalized spacial score (nSPS) is 12.1. The summed E-state index contributed by atoms with van der Waals surface area (Å²) >= 11 is 1.61. The second kappa shape index (κ2) is 4.97. The number of nitrogen functional groups attached to an aromatic ring is 1. The number of pyridine rings is 1. The van der Waals surface area contributed by atoms with Crippen molar-refractivity contribution < 1.29 is 4.79 Å². The Balaban J connectivity index is 2.04. The monoisotopic (exact) mass is 247 g/mol. The number of nitrogens with two attached hydrogens (primary N) is 1. The van der Waals surface area contributed by atoms with Gasteiger partial charge in [0.05, 0.1) is 17.9 Å². The minimum absolute atomic E-state index is 0.0203. The van der Waals surface area contributed by atoms with Crippen LogP contribution >= 0.6 is 11.3 Å². The molecule has 4 nitrogen and oxygen atoms in total. The van der Waals surface area contributed by atoms with Crippen molar-refractivity contribution in [3.63, 3.8) is 0 Å². The lowest BCUT2D eigenvalue weighted by Crippen LogP contribution is -2.27. The summed E-state index contributed by atoms with van der Waals surface area (Å²) < 4.78 is 0. The van der Waals surface area contributed by atoms with Gasteiger partial charge >= 0.3 is 0 Å². The van der Waals surface area contributed by atoms with Gasteiger partial charge in [-0.3, -0.25) is 4.79 Å². The quantitative estimate of drug-likeness (QED) is 0.873. The fraction of sp³-hybridized carbons (Fsp3) is 0.167. The molecule has 0 spiro atoms. The van der Waals surface area contributed by atoms with E-state index in [1.165, 1.54) is 6.20 Å². The van der Waals surface area contributed by atoms with Crippen LogP contribution in [-0.4, -0.2) is 10.9 Å². The lowest BCUT2D eigenvalue weighted by molar-refractivity contribution is 0.0935. The molecule has 0 saturated heterocycles. The van der Waals surface area contributed by atoms with E-state index in [1.54, 1.807) is 23.5 Å². The number of nitrogens with zero attached hydrogens (tertiary/aromatic N) is 1. The summed E-state index contributed by atoms with van der Waals surface area (Å²) in [6.45, 7) is 1.94. The highest BCUT2D eigenvalue weighted by molar-refractivity contribution is 7.07. The van der Waals surface area contributed by atoms with Crippen LogP contribution in [0.2, 0.25) is 0 Å². The van der Waals surface area contributed by atoms with Crippen molar-refractivity contribution in [3.05, 3.63) is 46.4 Å². The molecule has 2 rings (SSSR count). The van der Waals surface area contributed by atoms with Gasteiger partial charge in [-0.2, -0.15) is 11.3 Å². The lowest BCUT2D eigenvalue weighted by atomic mass is 10.2. The third kappa shape index (κ3) is 2.82. The van der Waals surface area contributed by atoms with E-state index in [-0.39, 0.29) is 11.9 Å². The SMILES string of the molecule is CC(NC(=O)c1ccc(N)cn1)c1ccsc1. The Morgan fingerprint density at radius 2 is 2.29 bits per heavy atom. The molecule has 0 saturated carbocycles. The maximum absolute atomic E-state index is 11.9. The molecule has 0 radical (unpaired) electrons. The smallest absolute Gasteiger partial charge is 0.270 e. The number of carbonyl (C=O) groups is 1. The number of aromatic nitrogens is 1. The standard InChI is InChI=1S/C12H13N3OS/c1-8(9-4-5-17-7-9)15-12(16)11-3-2-10(13)6-14-11/h2-8H,13H2,1H3,(H,15,16). The average molecular weight is 247 g/mol. The van der Waals surface area contributed by atoms with Crippen LogP contribution < -0.4 is 11.1 Å². The number of rotatable bonds is 3. The molecule has 17 heavy (non-hydrogen) atoms. The summed E-state index contributed by atoms with van der Waals surface area (Å²) in [4.78, 5) is 15.8. The van der Waals surface area contributed by atoms with Crippen LogP contribution in [0.4, 0.5) is 5.69 Å². The number of hydrogen-bond donors (Lipinski definition) is 2. The zero-order valence-electron chi connectivity index (χ0n) is 9.38. The van der Waals surface area contributed by atoms with Gasteiger partial charge in [-0.05, 0) is 41.4 Å². The zero-order valence-corrected chi connectivity index (χ0v) is 10.2. The third-order valence-corrected chi connectivity index (χ3v) is 3.11. The second-order valence-corrected chi connectivity index (χ2v) is 4.51. The van der Waals surface area contributed by atoms with Crippen LogP contribution in [0.3, 0.4) is 0 Å². The number of nitrogens with one attached hydrogen (secondary N) is 1. The highest BCUT2D eigenvalue weighted by Gasteiger charge is 2.12. The van der Waals surface area contributed by atoms with E-state index >= 15 is 0 Å². The van der Waals surface area contributed by atoms with Gasteiger partial charge in [0.25, 0.3) is 5.91 Å². The van der Waals surface area contributed by atoms with Gasteiger partial charge in [-0.1, -0.05) is 0 Å². The van der Waals surface area contributed by atoms with E-state index in [2.05, 4.69) is 10.3 Å². The molecule has 0 aliphatic heterocycles. The molecular weight excluding hydrogens is 234 g/mol. The van der Waals surface area contributed by atoms with Crippen molar-refractivity contribution in [2.45, 2.75) is 13.0 Å². The Kier molecular flexibility index (Phi) is 3.39. The first kappa shape index (κ1) is 11.6. The van der Waals surface area contributed by atoms with Crippen molar-refractivity contribution in [2.24, 2.45) is 0 Å². The predicted octanol–water partition coefficient (Wildman–Crippen LogP) is 2.22. The first-order valence-electron chi connectivity index (χ1n) is 5.21. The molecule has 0 aliphatic carbocycles. The molecule has 88 valence electrons.